The average Bonchev–Trinajstić information content (AvgIpc) is 2.35. The molecule has 0 aliphatic carbocycles. The Morgan fingerprint density at radius 2 is 2.41 bits per heavy atom. The highest BCUT2D eigenvalue weighted by molar-refractivity contribution is 5.17. The lowest BCUT2D eigenvalue weighted by Crippen LogP contribution is -2.50. The first-order valence-electron chi connectivity index (χ1n) is 6.66. The van der Waals surface area contributed by atoms with Crippen molar-refractivity contribution in [3.63, 3.8) is 0 Å². The molecule has 1 fully saturated rings. The minimum Gasteiger partial charge on any atom is -0.314 e. The molecule has 0 amide bonds. The minimum absolute atomic E-state index is 0.676. The van der Waals surface area contributed by atoms with E-state index < -0.39 is 0 Å². The Morgan fingerprint density at radius 3 is 3.18 bits per heavy atom. The summed E-state index contributed by atoms with van der Waals surface area (Å²) in [5.74, 6) is 0. The van der Waals surface area contributed by atoms with Crippen molar-refractivity contribution in [2.45, 2.75) is 39.3 Å². The molecule has 1 aromatic rings. The van der Waals surface area contributed by atoms with Crippen molar-refractivity contribution in [3.8, 4) is 0 Å². The fraction of sp³-hybridized carbons (Fsp3) is 0.643. The molecule has 0 aromatic carbocycles. The number of pyridine rings is 1. The monoisotopic (exact) mass is 233 g/mol. The molecule has 3 heteroatoms. The third-order valence-corrected chi connectivity index (χ3v) is 3.56. The number of aryl methyl sites for hydroxylation is 1. The third kappa shape index (κ3) is 3.27. The van der Waals surface area contributed by atoms with Gasteiger partial charge in [0.2, 0.25) is 0 Å². The van der Waals surface area contributed by atoms with Gasteiger partial charge in [-0.05, 0) is 25.0 Å². The summed E-state index contributed by atoms with van der Waals surface area (Å²) in [5.41, 5.74) is 2.54. The Hall–Kier alpha value is -0.930. The van der Waals surface area contributed by atoms with Crippen molar-refractivity contribution in [3.05, 3.63) is 29.6 Å². The Balaban J connectivity index is 2.03. The van der Waals surface area contributed by atoms with Crippen molar-refractivity contribution in [2.75, 3.05) is 19.6 Å². The number of aromatic nitrogens is 1. The van der Waals surface area contributed by atoms with E-state index in [4.69, 9.17) is 0 Å². The molecule has 1 aliphatic rings. The third-order valence-electron chi connectivity index (χ3n) is 3.56. The van der Waals surface area contributed by atoms with Gasteiger partial charge in [-0.15, -0.1) is 0 Å². The summed E-state index contributed by atoms with van der Waals surface area (Å²) in [7, 11) is 0. The first kappa shape index (κ1) is 12.5. The molecule has 0 saturated carbocycles. The standard InChI is InChI=1S/C14H23N3/c1-3-5-13-10-15-8-9-17(13)11-14-12(2)6-4-7-16-14/h4,6-7,13,15H,3,5,8-11H2,1-2H3. The van der Waals surface area contributed by atoms with Gasteiger partial charge in [0.1, 0.15) is 0 Å². The summed E-state index contributed by atoms with van der Waals surface area (Å²) >= 11 is 0. The van der Waals surface area contributed by atoms with Crippen LogP contribution in [0.2, 0.25) is 0 Å². The fourth-order valence-corrected chi connectivity index (χ4v) is 2.51. The second-order valence-electron chi connectivity index (χ2n) is 4.88. The van der Waals surface area contributed by atoms with Gasteiger partial charge in [-0.1, -0.05) is 19.4 Å². The fourth-order valence-electron chi connectivity index (χ4n) is 2.51. The second-order valence-corrected chi connectivity index (χ2v) is 4.88. The summed E-state index contributed by atoms with van der Waals surface area (Å²) in [5, 5.41) is 3.49. The molecule has 1 aliphatic heterocycles. The lowest BCUT2D eigenvalue weighted by atomic mass is 10.1. The smallest absolute Gasteiger partial charge is 0.0573 e. The van der Waals surface area contributed by atoms with Crippen LogP contribution in [0.1, 0.15) is 31.0 Å². The maximum absolute atomic E-state index is 4.50. The second kappa shape index (κ2) is 6.12. The van der Waals surface area contributed by atoms with Gasteiger partial charge in [0.05, 0.1) is 5.69 Å². The van der Waals surface area contributed by atoms with Crippen molar-refractivity contribution in [2.24, 2.45) is 0 Å². The maximum Gasteiger partial charge on any atom is 0.0573 e. The van der Waals surface area contributed by atoms with Crippen LogP contribution in [0, 0.1) is 6.92 Å². The van der Waals surface area contributed by atoms with E-state index in [0.717, 1.165) is 26.2 Å². The summed E-state index contributed by atoms with van der Waals surface area (Å²) < 4.78 is 0. The van der Waals surface area contributed by atoms with Crippen molar-refractivity contribution in [1.82, 2.24) is 15.2 Å². The van der Waals surface area contributed by atoms with Crippen molar-refractivity contribution in [1.29, 1.82) is 0 Å². The van der Waals surface area contributed by atoms with Crippen LogP contribution in [0.4, 0.5) is 0 Å². The molecule has 1 atom stereocenters. The summed E-state index contributed by atoms with van der Waals surface area (Å²) in [6, 6.07) is 4.84. The van der Waals surface area contributed by atoms with Crippen LogP contribution in [-0.4, -0.2) is 35.6 Å². The molecule has 1 aromatic heterocycles. The van der Waals surface area contributed by atoms with Crippen LogP contribution in [0.3, 0.4) is 0 Å². The summed E-state index contributed by atoms with van der Waals surface area (Å²) in [4.78, 5) is 7.08. The van der Waals surface area contributed by atoms with Gasteiger partial charge in [0.25, 0.3) is 0 Å². The molecule has 1 N–H and O–H groups in total. The van der Waals surface area contributed by atoms with Crippen molar-refractivity contribution < 1.29 is 0 Å². The van der Waals surface area contributed by atoms with Gasteiger partial charge in [-0.25, -0.2) is 0 Å². The molecule has 94 valence electrons. The molecular formula is C14H23N3. The zero-order valence-corrected chi connectivity index (χ0v) is 10.9. The van der Waals surface area contributed by atoms with Crippen molar-refractivity contribution >= 4 is 0 Å². The first-order valence-corrected chi connectivity index (χ1v) is 6.66. The molecule has 3 nitrogen and oxygen atoms in total. The minimum atomic E-state index is 0.676. The quantitative estimate of drug-likeness (QED) is 0.861. The molecule has 2 heterocycles. The van der Waals surface area contributed by atoms with Gasteiger partial charge >= 0.3 is 0 Å². The molecule has 1 unspecified atom stereocenters. The molecule has 0 radical (unpaired) electrons. The number of rotatable bonds is 4. The van der Waals surface area contributed by atoms with Gasteiger partial charge in [-0.2, -0.15) is 0 Å². The van der Waals surface area contributed by atoms with Crippen LogP contribution in [0.25, 0.3) is 0 Å². The van der Waals surface area contributed by atoms with Crippen LogP contribution in [0.15, 0.2) is 18.3 Å². The molecule has 0 bridgehead atoms. The van der Waals surface area contributed by atoms with E-state index in [9.17, 15) is 0 Å². The number of nitrogens with zero attached hydrogens (tertiary/aromatic N) is 2. The average molecular weight is 233 g/mol. The van der Waals surface area contributed by atoms with E-state index in [1.54, 1.807) is 0 Å². The lowest BCUT2D eigenvalue weighted by Gasteiger charge is -2.36. The molecule has 17 heavy (non-hydrogen) atoms. The molecular weight excluding hydrogens is 210 g/mol. The van der Waals surface area contributed by atoms with Gasteiger partial charge in [0, 0.05) is 38.4 Å². The van der Waals surface area contributed by atoms with E-state index in [0.29, 0.717) is 6.04 Å². The van der Waals surface area contributed by atoms with Crippen LogP contribution >= 0.6 is 0 Å². The zero-order valence-electron chi connectivity index (χ0n) is 10.9. The number of hydrogen-bond donors (Lipinski definition) is 1. The summed E-state index contributed by atoms with van der Waals surface area (Å²) in [6.45, 7) is 8.78. The highest BCUT2D eigenvalue weighted by Crippen LogP contribution is 2.14. The predicted molar refractivity (Wildman–Crippen MR) is 70.9 cm³/mol. The first-order chi connectivity index (χ1) is 8.31. The van der Waals surface area contributed by atoms with Gasteiger partial charge in [-0.3, -0.25) is 9.88 Å². The van der Waals surface area contributed by atoms with E-state index in [1.165, 1.54) is 24.1 Å². The highest BCUT2D eigenvalue weighted by atomic mass is 15.2. The predicted octanol–water partition coefficient (Wildman–Crippen LogP) is 1.96. The zero-order chi connectivity index (χ0) is 12.1. The number of nitrogens with one attached hydrogen (secondary N) is 1. The molecule has 1 saturated heterocycles. The Kier molecular flexibility index (Phi) is 4.51. The molecule has 2 rings (SSSR count). The van der Waals surface area contributed by atoms with Gasteiger partial charge < -0.3 is 5.32 Å². The van der Waals surface area contributed by atoms with Crippen LogP contribution in [0.5, 0.6) is 0 Å². The largest absolute Gasteiger partial charge is 0.314 e. The Morgan fingerprint density at radius 1 is 1.53 bits per heavy atom. The number of piperazine rings is 1. The highest BCUT2D eigenvalue weighted by Gasteiger charge is 2.21. The maximum atomic E-state index is 4.50. The van der Waals surface area contributed by atoms with E-state index >= 15 is 0 Å². The lowest BCUT2D eigenvalue weighted by molar-refractivity contribution is 0.142. The van der Waals surface area contributed by atoms with Crippen LogP contribution in [-0.2, 0) is 6.54 Å². The van der Waals surface area contributed by atoms with Gasteiger partial charge in [0.15, 0.2) is 0 Å². The topological polar surface area (TPSA) is 28.2 Å². The van der Waals surface area contributed by atoms with E-state index in [2.05, 4.69) is 35.1 Å². The molecule has 0 spiro atoms. The SMILES string of the molecule is CCCC1CNCCN1Cc1ncccc1C. The van der Waals surface area contributed by atoms with Crippen LogP contribution < -0.4 is 5.32 Å². The summed E-state index contributed by atoms with van der Waals surface area (Å²) in [6.07, 6.45) is 4.43. The Bertz CT molecular complexity index is 349. The van der Waals surface area contributed by atoms with E-state index in [-0.39, 0.29) is 0 Å². The Labute approximate surface area is 104 Å². The van der Waals surface area contributed by atoms with E-state index in [1.807, 2.05) is 12.3 Å². The normalized spacial score (nSPS) is 21.6. The number of hydrogen-bond acceptors (Lipinski definition) is 3.